The Morgan fingerprint density at radius 1 is 1.29 bits per heavy atom. The highest BCUT2D eigenvalue weighted by atomic mass is 79.9. The molecule has 4 heteroatoms. The monoisotopic (exact) mass is 355 g/mol. The quantitative estimate of drug-likeness (QED) is 0.773. The summed E-state index contributed by atoms with van der Waals surface area (Å²) in [7, 11) is 2.09. The molecule has 3 nitrogen and oxygen atoms in total. The highest BCUT2D eigenvalue weighted by molar-refractivity contribution is 9.10. The first-order chi connectivity index (χ1) is 10.2. The fourth-order valence-corrected chi connectivity index (χ4v) is 4.27. The van der Waals surface area contributed by atoms with Crippen molar-refractivity contribution in [1.82, 2.24) is 15.1 Å². The van der Waals surface area contributed by atoms with E-state index in [2.05, 4.69) is 51.9 Å². The third-order valence-electron chi connectivity index (χ3n) is 4.70. The maximum atomic E-state index is 4.64. The molecule has 1 aliphatic carbocycles. The van der Waals surface area contributed by atoms with E-state index in [1.807, 2.05) is 0 Å². The lowest BCUT2D eigenvalue weighted by atomic mass is 9.93. The van der Waals surface area contributed by atoms with Crippen LogP contribution in [0.5, 0.6) is 0 Å². The van der Waals surface area contributed by atoms with Crippen LogP contribution in [-0.4, -0.2) is 22.4 Å². The molecule has 1 heterocycles. The van der Waals surface area contributed by atoms with Crippen molar-refractivity contribution in [2.24, 2.45) is 13.0 Å². The number of aromatic nitrogens is 2. The van der Waals surface area contributed by atoms with Crippen LogP contribution in [0.4, 0.5) is 0 Å². The van der Waals surface area contributed by atoms with E-state index in [9.17, 15) is 0 Å². The molecule has 1 aromatic heterocycles. The van der Waals surface area contributed by atoms with Crippen LogP contribution in [0.1, 0.15) is 63.8 Å². The fraction of sp³-hybridized carbons (Fsp3) is 0.824. The topological polar surface area (TPSA) is 29.9 Å². The van der Waals surface area contributed by atoms with Gasteiger partial charge >= 0.3 is 0 Å². The minimum Gasteiger partial charge on any atom is -0.314 e. The van der Waals surface area contributed by atoms with Crippen molar-refractivity contribution in [3.8, 4) is 0 Å². The number of hydrogen-bond donors (Lipinski definition) is 1. The standard InChI is InChI=1S/C17H30BrN3/c1-4-10-19-14-9-7-6-8-13(11-14)12-16-17(18)15(5-2)20-21(16)3/h13-14,19H,4-12H2,1-3H3. The minimum absolute atomic E-state index is 0.718. The van der Waals surface area contributed by atoms with Gasteiger partial charge in [-0.25, -0.2) is 0 Å². The van der Waals surface area contributed by atoms with Gasteiger partial charge in [-0.15, -0.1) is 0 Å². The first-order valence-corrected chi connectivity index (χ1v) is 9.38. The zero-order valence-electron chi connectivity index (χ0n) is 13.8. The summed E-state index contributed by atoms with van der Waals surface area (Å²) in [4.78, 5) is 0. The average Bonchev–Trinajstić information content (AvgIpc) is 2.67. The lowest BCUT2D eigenvalue weighted by Crippen LogP contribution is -2.31. The van der Waals surface area contributed by atoms with Crippen LogP contribution in [0.25, 0.3) is 0 Å². The van der Waals surface area contributed by atoms with Gasteiger partial charge in [0.25, 0.3) is 0 Å². The van der Waals surface area contributed by atoms with Crippen LogP contribution in [0.2, 0.25) is 0 Å². The van der Waals surface area contributed by atoms with Crippen LogP contribution in [-0.2, 0) is 19.9 Å². The van der Waals surface area contributed by atoms with E-state index >= 15 is 0 Å². The van der Waals surface area contributed by atoms with Gasteiger partial charge in [0.05, 0.1) is 15.9 Å². The Morgan fingerprint density at radius 2 is 2.05 bits per heavy atom. The second kappa shape index (κ2) is 8.33. The predicted molar refractivity (Wildman–Crippen MR) is 92.6 cm³/mol. The molecular weight excluding hydrogens is 326 g/mol. The molecule has 120 valence electrons. The largest absolute Gasteiger partial charge is 0.314 e. The van der Waals surface area contributed by atoms with Crippen LogP contribution < -0.4 is 5.32 Å². The van der Waals surface area contributed by atoms with Crippen LogP contribution in [0.15, 0.2) is 4.47 Å². The van der Waals surface area contributed by atoms with Crippen LogP contribution >= 0.6 is 15.9 Å². The summed E-state index contributed by atoms with van der Waals surface area (Å²) in [6, 6.07) is 0.718. The summed E-state index contributed by atoms with van der Waals surface area (Å²) in [6.07, 6.45) is 10.2. The van der Waals surface area contributed by atoms with Gasteiger partial charge in [-0.3, -0.25) is 4.68 Å². The van der Waals surface area contributed by atoms with Gasteiger partial charge in [-0.05, 0) is 60.5 Å². The molecule has 1 fully saturated rings. The first-order valence-electron chi connectivity index (χ1n) is 8.59. The number of halogens is 1. The molecule has 0 radical (unpaired) electrons. The van der Waals surface area contributed by atoms with Crippen LogP contribution in [0, 0.1) is 5.92 Å². The summed E-state index contributed by atoms with van der Waals surface area (Å²) in [5, 5.41) is 8.38. The molecule has 2 unspecified atom stereocenters. The molecule has 1 aliphatic rings. The van der Waals surface area contributed by atoms with Gasteiger partial charge in [-0.1, -0.05) is 33.1 Å². The zero-order valence-corrected chi connectivity index (χ0v) is 15.4. The Labute approximate surface area is 138 Å². The van der Waals surface area contributed by atoms with Crippen LogP contribution in [0.3, 0.4) is 0 Å². The van der Waals surface area contributed by atoms with Gasteiger partial charge in [0, 0.05) is 13.1 Å². The second-order valence-electron chi connectivity index (χ2n) is 6.43. The van der Waals surface area contributed by atoms with Gasteiger partial charge in [0.1, 0.15) is 0 Å². The molecule has 0 spiro atoms. The Morgan fingerprint density at radius 3 is 2.71 bits per heavy atom. The third kappa shape index (κ3) is 4.56. The van der Waals surface area contributed by atoms with Crippen molar-refractivity contribution in [1.29, 1.82) is 0 Å². The number of hydrogen-bond acceptors (Lipinski definition) is 2. The average molecular weight is 356 g/mol. The Kier molecular flexibility index (Phi) is 6.74. The SMILES string of the molecule is CCCNC1CCCCC(Cc2c(Br)c(CC)nn2C)C1. The first kappa shape index (κ1) is 17.0. The van der Waals surface area contributed by atoms with Crippen molar-refractivity contribution in [2.75, 3.05) is 6.54 Å². The number of nitrogens with one attached hydrogen (secondary N) is 1. The maximum absolute atomic E-state index is 4.64. The highest BCUT2D eigenvalue weighted by Gasteiger charge is 2.23. The van der Waals surface area contributed by atoms with Crippen molar-refractivity contribution in [3.63, 3.8) is 0 Å². The Hall–Kier alpha value is -0.350. The van der Waals surface area contributed by atoms with E-state index in [1.165, 1.54) is 54.4 Å². The summed E-state index contributed by atoms with van der Waals surface area (Å²) >= 11 is 3.77. The molecule has 21 heavy (non-hydrogen) atoms. The van der Waals surface area contributed by atoms with Crippen molar-refractivity contribution >= 4 is 15.9 Å². The minimum atomic E-state index is 0.718. The molecule has 0 bridgehead atoms. The van der Waals surface area contributed by atoms with E-state index in [-0.39, 0.29) is 0 Å². The molecule has 2 rings (SSSR count). The fourth-order valence-electron chi connectivity index (χ4n) is 3.50. The zero-order chi connectivity index (χ0) is 15.2. The third-order valence-corrected chi connectivity index (χ3v) is 5.62. The molecule has 0 saturated heterocycles. The highest BCUT2D eigenvalue weighted by Crippen LogP contribution is 2.30. The van der Waals surface area contributed by atoms with Gasteiger partial charge < -0.3 is 5.32 Å². The van der Waals surface area contributed by atoms with E-state index in [1.54, 1.807) is 0 Å². The molecular formula is C17H30BrN3. The summed E-state index contributed by atoms with van der Waals surface area (Å²) in [5.74, 6) is 0.790. The lowest BCUT2D eigenvalue weighted by molar-refractivity contribution is 0.378. The van der Waals surface area contributed by atoms with Crippen molar-refractivity contribution in [3.05, 3.63) is 15.9 Å². The summed E-state index contributed by atoms with van der Waals surface area (Å²) < 4.78 is 3.33. The summed E-state index contributed by atoms with van der Waals surface area (Å²) in [6.45, 7) is 5.58. The number of aryl methyl sites for hydroxylation is 2. The van der Waals surface area contributed by atoms with E-state index in [4.69, 9.17) is 0 Å². The second-order valence-corrected chi connectivity index (χ2v) is 7.22. The van der Waals surface area contributed by atoms with E-state index in [0.29, 0.717) is 0 Å². The smallest absolute Gasteiger partial charge is 0.0766 e. The Bertz CT molecular complexity index is 441. The van der Waals surface area contributed by atoms with Crippen molar-refractivity contribution < 1.29 is 0 Å². The molecule has 2 atom stereocenters. The van der Waals surface area contributed by atoms with E-state index < -0.39 is 0 Å². The molecule has 1 aromatic rings. The molecule has 0 aromatic carbocycles. The lowest BCUT2D eigenvalue weighted by Gasteiger charge is -2.21. The van der Waals surface area contributed by atoms with Crippen molar-refractivity contribution in [2.45, 2.75) is 71.3 Å². The number of nitrogens with zero attached hydrogens (tertiary/aromatic N) is 2. The van der Waals surface area contributed by atoms with Gasteiger partial charge in [0.15, 0.2) is 0 Å². The Balaban J connectivity index is 2.02. The molecule has 0 amide bonds. The molecule has 1 N–H and O–H groups in total. The molecule has 0 aliphatic heterocycles. The molecule has 1 saturated carbocycles. The normalized spacial score (nSPS) is 23.2. The van der Waals surface area contributed by atoms with E-state index in [0.717, 1.165) is 31.3 Å². The van der Waals surface area contributed by atoms with Gasteiger partial charge in [0.2, 0.25) is 0 Å². The summed E-state index contributed by atoms with van der Waals surface area (Å²) in [5.41, 5.74) is 2.58. The number of rotatable bonds is 6. The maximum Gasteiger partial charge on any atom is 0.0766 e. The van der Waals surface area contributed by atoms with Gasteiger partial charge in [-0.2, -0.15) is 5.10 Å². The predicted octanol–water partition coefficient (Wildman–Crippen LogP) is 4.24.